The smallest absolute Gasteiger partial charge is 0.228 e. The molecule has 0 spiro atoms. The summed E-state index contributed by atoms with van der Waals surface area (Å²) < 4.78 is 10.8. The zero-order chi connectivity index (χ0) is 15.7. The third kappa shape index (κ3) is 5.91. The van der Waals surface area contributed by atoms with Crippen LogP contribution in [0.2, 0.25) is 5.02 Å². The molecule has 1 aromatic carbocycles. The molecule has 1 amide bonds. The SMILES string of the molecule is CCOCCOc1c(Cl)cccc1NC(=O)C(C)CNC. The number of benzene rings is 1. The lowest BCUT2D eigenvalue weighted by Crippen LogP contribution is -2.28. The topological polar surface area (TPSA) is 59.6 Å². The van der Waals surface area contributed by atoms with Crippen LogP contribution in [0.25, 0.3) is 0 Å². The molecule has 6 heteroatoms. The molecular weight excluding hydrogens is 292 g/mol. The van der Waals surface area contributed by atoms with Crippen molar-refractivity contribution in [1.29, 1.82) is 0 Å². The van der Waals surface area contributed by atoms with E-state index in [1.165, 1.54) is 0 Å². The molecule has 0 aliphatic rings. The van der Waals surface area contributed by atoms with Gasteiger partial charge in [0, 0.05) is 19.1 Å². The summed E-state index contributed by atoms with van der Waals surface area (Å²) in [5.41, 5.74) is 0.576. The minimum absolute atomic E-state index is 0.0822. The number of carbonyl (C=O) groups excluding carboxylic acids is 1. The number of para-hydroxylation sites is 1. The van der Waals surface area contributed by atoms with Crippen molar-refractivity contribution < 1.29 is 14.3 Å². The van der Waals surface area contributed by atoms with E-state index in [4.69, 9.17) is 21.1 Å². The van der Waals surface area contributed by atoms with Gasteiger partial charge in [0.25, 0.3) is 0 Å². The van der Waals surface area contributed by atoms with E-state index in [-0.39, 0.29) is 11.8 Å². The summed E-state index contributed by atoms with van der Waals surface area (Å²) in [7, 11) is 1.81. The van der Waals surface area contributed by atoms with Crippen LogP contribution in [0.15, 0.2) is 18.2 Å². The Morgan fingerprint density at radius 3 is 2.81 bits per heavy atom. The van der Waals surface area contributed by atoms with Crippen molar-refractivity contribution in [3.8, 4) is 5.75 Å². The molecular formula is C15H23ClN2O3. The van der Waals surface area contributed by atoms with Gasteiger partial charge in [-0.15, -0.1) is 0 Å². The van der Waals surface area contributed by atoms with Crippen LogP contribution in [-0.4, -0.2) is 39.3 Å². The standard InChI is InChI=1S/C15H23ClN2O3/c1-4-20-8-9-21-14-12(16)6-5-7-13(14)18-15(19)11(2)10-17-3/h5-7,11,17H,4,8-10H2,1-3H3,(H,18,19). The van der Waals surface area contributed by atoms with E-state index < -0.39 is 0 Å². The summed E-state index contributed by atoms with van der Waals surface area (Å²) in [4.78, 5) is 12.1. The molecule has 5 nitrogen and oxygen atoms in total. The number of hydrogen-bond donors (Lipinski definition) is 2. The van der Waals surface area contributed by atoms with Gasteiger partial charge in [-0.3, -0.25) is 4.79 Å². The number of amides is 1. The molecule has 0 heterocycles. The first-order valence-electron chi connectivity index (χ1n) is 7.04. The van der Waals surface area contributed by atoms with Gasteiger partial charge >= 0.3 is 0 Å². The van der Waals surface area contributed by atoms with Gasteiger partial charge in [-0.25, -0.2) is 0 Å². The third-order valence-corrected chi connectivity index (χ3v) is 3.16. The summed E-state index contributed by atoms with van der Waals surface area (Å²) in [5.74, 6) is 0.246. The zero-order valence-corrected chi connectivity index (χ0v) is 13.5. The fourth-order valence-electron chi connectivity index (χ4n) is 1.76. The number of halogens is 1. The van der Waals surface area contributed by atoms with Crippen molar-refractivity contribution in [2.45, 2.75) is 13.8 Å². The molecule has 21 heavy (non-hydrogen) atoms. The lowest BCUT2D eigenvalue weighted by atomic mass is 10.1. The molecule has 2 N–H and O–H groups in total. The highest BCUT2D eigenvalue weighted by molar-refractivity contribution is 6.32. The quantitative estimate of drug-likeness (QED) is 0.688. The van der Waals surface area contributed by atoms with Gasteiger partial charge < -0.3 is 20.1 Å². The van der Waals surface area contributed by atoms with Crippen molar-refractivity contribution in [2.75, 3.05) is 38.7 Å². The Hall–Kier alpha value is -1.30. The van der Waals surface area contributed by atoms with E-state index >= 15 is 0 Å². The fourth-order valence-corrected chi connectivity index (χ4v) is 1.98. The summed E-state index contributed by atoms with van der Waals surface area (Å²) >= 11 is 6.14. The molecule has 0 aliphatic heterocycles. The van der Waals surface area contributed by atoms with Crippen molar-refractivity contribution in [3.63, 3.8) is 0 Å². The van der Waals surface area contributed by atoms with Crippen LogP contribution in [0.1, 0.15) is 13.8 Å². The van der Waals surface area contributed by atoms with Crippen LogP contribution >= 0.6 is 11.6 Å². The fraction of sp³-hybridized carbons (Fsp3) is 0.533. The maximum atomic E-state index is 12.1. The van der Waals surface area contributed by atoms with Crippen LogP contribution < -0.4 is 15.4 Å². The molecule has 1 unspecified atom stereocenters. The average molecular weight is 315 g/mol. The second kappa shape index (κ2) is 9.60. The molecule has 0 saturated heterocycles. The van der Waals surface area contributed by atoms with Crippen molar-refractivity contribution >= 4 is 23.2 Å². The molecule has 0 bridgehead atoms. The van der Waals surface area contributed by atoms with E-state index in [0.717, 1.165) is 0 Å². The maximum absolute atomic E-state index is 12.1. The molecule has 0 aliphatic carbocycles. The van der Waals surface area contributed by atoms with Gasteiger partial charge in [0.1, 0.15) is 6.61 Å². The first kappa shape index (κ1) is 17.8. The highest BCUT2D eigenvalue weighted by Crippen LogP contribution is 2.33. The number of anilines is 1. The summed E-state index contributed by atoms with van der Waals surface area (Å²) in [6.45, 7) is 5.87. The molecule has 1 atom stereocenters. The molecule has 0 radical (unpaired) electrons. The number of ether oxygens (including phenoxy) is 2. The van der Waals surface area contributed by atoms with Crippen LogP contribution in [0.5, 0.6) is 5.75 Å². The molecule has 118 valence electrons. The number of hydrogen-bond acceptors (Lipinski definition) is 4. The molecule has 1 rings (SSSR count). The Kier molecular flexibility index (Phi) is 8.12. The van der Waals surface area contributed by atoms with Gasteiger partial charge in [0.05, 0.1) is 17.3 Å². The van der Waals surface area contributed by atoms with Crippen LogP contribution in [0, 0.1) is 5.92 Å². The molecule has 0 fully saturated rings. The van der Waals surface area contributed by atoms with Gasteiger partial charge in [-0.05, 0) is 26.1 Å². The third-order valence-electron chi connectivity index (χ3n) is 2.86. The first-order valence-corrected chi connectivity index (χ1v) is 7.42. The van der Waals surface area contributed by atoms with Crippen LogP contribution in [0.3, 0.4) is 0 Å². The number of carbonyl (C=O) groups is 1. The second-order valence-corrected chi connectivity index (χ2v) is 5.02. The zero-order valence-electron chi connectivity index (χ0n) is 12.7. The average Bonchev–Trinajstić information content (AvgIpc) is 2.46. The largest absolute Gasteiger partial charge is 0.487 e. The van der Waals surface area contributed by atoms with E-state index in [9.17, 15) is 4.79 Å². The highest BCUT2D eigenvalue weighted by atomic mass is 35.5. The Labute approximate surface area is 131 Å². The number of rotatable bonds is 9. The Morgan fingerprint density at radius 1 is 1.38 bits per heavy atom. The normalized spacial score (nSPS) is 12.0. The molecule has 0 aromatic heterocycles. The van der Waals surface area contributed by atoms with Crippen molar-refractivity contribution in [3.05, 3.63) is 23.2 Å². The summed E-state index contributed by atoms with van der Waals surface area (Å²) in [5, 5.41) is 6.28. The van der Waals surface area contributed by atoms with Gasteiger partial charge in [0.2, 0.25) is 5.91 Å². The van der Waals surface area contributed by atoms with Gasteiger partial charge in [-0.1, -0.05) is 24.6 Å². The van der Waals surface area contributed by atoms with Crippen LogP contribution in [-0.2, 0) is 9.53 Å². The minimum atomic E-state index is -0.148. The van der Waals surface area contributed by atoms with E-state index in [0.29, 0.717) is 42.8 Å². The van der Waals surface area contributed by atoms with Crippen LogP contribution in [0.4, 0.5) is 5.69 Å². The van der Waals surface area contributed by atoms with Crippen molar-refractivity contribution in [1.82, 2.24) is 5.32 Å². The van der Waals surface area contributed by atoms with E-state index in [1.54, 1.807) is 18.2 Å². The Balaban J connectivity index is 2.72. The number of nitrogens with one attached hydrogen (secondary N) is 2. The first-order chi connectivity index (χ1) is 10.1. The Morgan fingerprint density at radius 2 is 2.14 bits per heavy atom. The maximum Gasteiger partial charge on any atom is 0.228 e. The molecule has 0 saturated carbocycles. The molecule has 1 aromatic rings. The predicted octanol–water partition coefficient (Wildman–Crippen LogP) is 2.55. The van der Waals surface area contributed by atoms with Gasteiger partial charge in [0.15, 0.2) is 5.75 Å². The Bertz CT molecular complexity index is 455. The van der Waals surface area contributed by atoms with E-state index in [2.05, 4.69) is 10.6 Å². The summed E-state index contributed by atoms with van der Waals surface area (Å²) in [6, 6.07) is 5.27. The van der Waals surface area contributed by atoms with Gasteiger partial charge in [-0.2, -0.15) is 0 Å². The van der Waals surface area contributed by atoms with E-state index in [1.807, 2.05) is 20.9 Å². The lowest BCUT2D eigenvalue weighted by Gasteiger charge is -2.16. The monoisotopic (exact) mass is 314 g/mol. The predicted molar refractivity (Wildman–Crippen MR) is 85.2 cm³/mol. The lowest BCUT2D eigenvalue weighted by molar-refractivity contribution is -0.119. The second-order valence-electron chi connectivity index (χ2n) is 4.61. The summed E-state index contributed by atoms with van der Waals surface area (Å²) in [6.07, 6.45) is 0. The highest BCUT2D eigenvalue weighted by Gasteiger charge is 2.16. The minimum Gasteiger partial charge on any atom is -0.487 e. The van der Waals surface area contributed by atoms with Crippen molar-refractivity contribution in [2.24, 2.45) is 5.92 Å².